The summed E-state index contributed by atoms with van der Waals surface area (Å²) in [6, 6.07) is 7.53. The lowest BCUT2D eigenvalue weighted by atomic mass is 9.84. The first-order valence-corrected chi connectivity index (χ1v) is 12.4. The molecule has 6 nitrogen and oxygen atoms in total. The predicted octanol–water partition coefficient (Wildman–Crippen LogP) is 4.72. The van der Waals surface area contributed by atoms with Gasteiger partial charge in [0.1, 0.15) is 11.5 Å². The zero-order valence-electron chi connectivity index (χ0n) is 17.9. The minimum absolute atomic E-state index is 0.122. The second kappa shape index (κ2) is 9.67. The SMILES string of the molecule is CCC(NS(=O)O)c1cccc(C(c2c(O)c3c(oc2=O)CCCCCC3)C2CC2)c1. The van der Waals surface area contributed by atoms with Crippen molar-refractivity contribution in [3.8, 4) is 5.75 Å². The van der Waals surface area contributed by atoms with Crippen LogP contribution in [0.4, 0.5) is 0 Å². The first kappa shape index (κ1) is 22.2. The van der Waals surface area contributed by atoms with E-state index in [1.807, 2.05) is 31.2 Å². The van der Waals surface area contributed by atoms with Crippen molar-refractivity contribution in [2.75, 3.05) is 0 Å². The van der Waals surface area contributed by atoms with Gasteiger partial charge in [0.15, 0.2) is 0 Å². The molecule has 2 aliphatic rings. The number of benzene rings is 1. The van der Waals surface area contributed by atoms with E-state index in [-0.39, 0.29) is 23.6 Å². The van der Waals surface area contributed by atoms with Crippen LogP contribution >= 0.6 is 0 Å². The Kier molecular flexibility index (Phi) is 6.94. The summed E-state index contributed by atoms with van der Waals surface area (Å²) in [6.07, 6.45) is 8.29. The van der Waals surface area contributed by atoms with Crippen LogP contribution in [0.5, 0.6) is 5.75 Å². The molecule has 1 aromatic carbocycles. The van der Waals surface area contributed by atoms with Crippen LogP contribution in [-0.2, 0) is 24.1 Å². The van der Waals surface area contributed by atoms with Crippen LogP contribution < -0.4 is 10.3 Å². The highest BCUT2D eigenvalue weighted by Crippen LogP contribution is 2.49. The molecule has 1 aromatic heterocycles. The smallest absolute Gasteiger partial charge is 0.343 e. The van der Waals surface area contributed by atoms with Crippen molar-refractivity contribution >= 4 is 11.3 Å². The lowest BCUT2D eigenvalue weighted by molar-refractivity contribution is 0.382. The van der Waals surface area contributed by atoms with Crippen molar-refractivity contribution < 1.29 is 18.3 Å². The largest absolute Gasteiger partial charge is 0.507 e. The molecule has 0 amide bonds. The Hall–Kier alpha value is -1.96. The molecule has 1 heterocycles. The van der Waals surface area contributed by atoms with Gasteiger partial charge < -0.3 is 9.52 Å². The second-order valence-electron chi connectivity index (χ2n) is 8.78. The maximum absolute atomic E-state index is 13.1. The number of rotatable bonds is 7. The summed E-state index contributed by atoms with van der Waals surface area (Å²) in [6.45, 7) is 1.95. The molecule has 3 unspecified atom stereocenters. The molecule has 0 aliphatic heterocycles. The zero-order valence-corrected chi connectivity index (χ0v) is 18.7. The molecule has 31 heavy (non-hydrogen) atoms. The third kappa shape index (κ3) is 4.94. The van der Waals surface area contributed by atoms with Gasteiger partial charge in [0.25, 0.3) is 0 Å². The van der Waals surface area contributed by atoms with Crippen molar-refractivity contribution in [2.45, 2.75) is 76.7 Å². The molecule has 0 bridgehead atoms. The molecule has 0 spiro atoms. The lowest BCUT2D eigenvalue weighted by Crippen LogP contribution is -2.23. The van der Waals surface area contributed by atoms with E-state index in [1.165, 1.54) is 0 Å². The molecule has 7 heteroatoms. The van der Waals surface area contributed by atoms with E-state index < -0.39 is 16.9 Å². The van der Waals surface area contributed by atoms with Crippen molar-refractivity contribution in [1.29, 1.82) is 0 Å². The average Bonchev–Trinajstić information content (AvgIpc) is 3.55. The summed E-state index contributed by atoms with van der Waals surface area (Å²) in [7, 11) is 0. The number of hydrogen-bond acceptors (Lipinski definition) is 4. The zero-order chi connectivity index (χ0) is 22.0. The fourth-order valence-electron chi connectivity index (χ4n) is 4.88. The molecule has 1 fully saturated rings. The maximum Gasteiger partial charge on any atom is 0.343 e. The van der Waals surface area contributed by atoms with E-state index in [2.05, 4.69) is 4.72 Å². The fraction of sp³-hybridized carbons (Fsp3) is 0.542. The third-order valence-corrected chi connectivity index (χ3v) is 7.11. The summed E-state index contributed by atoms with van der Waals surface area (Å²) in [5, 5.41) is 11.2. The van der Waals surface area contributed by atoms with Crippen molar-refractivity contribution in [2.24, 2.45) is 5.92 Å². The van der Waals surface area contributed by atoms with Crippen LogP contribution in [0.1, 0.15) is 91.8 Å². The normalized spacial score (nSPS) is 19.7. The first-order chi connectivity index (χ1) is 15.0. The molecule has 1 saturated carbocycles. The Balaban J connectivity index is 1.77. The van der Waals surface area contributed by atoms with Crippen LogP contribution in [0.3, 0.4) is 0 Å². The van der Waals surface area contributed by atoms with Gasteiger partial charge in [-0.1, -0.05) is 44.0 Å². The average molecular weight is 446 g/mol. The standard InChI is InChI=1S/C24H31NO5S/c1-2-19(25-31(28)29)16-8-7-9-17(14-16)21(15-12-13-15)22-23(26)18-10-5-3-4-6-11-20(18)30-24(22)27/h7-9,14-15,19,21,25-26H,2-6,10-13H2,1H3,(H,28,29). The molecule has 3 atom stereocenters. The van der Waals surface area contributed by atoms with Crippen LogP contribution in [-0.4, -0.2) is 13.9 Å². The highest BCUT2D eigenvalue weighted by Gasteiger charge is 2.38. The van der Waals surface area contributed by atoms with E-state index in [0.29, 0.717) is 24.2 Å². The fourth-order valence-corrected chi connectivity index (χ4v) is 5.42. The molecule has 2 aliphatic carbocycles. The van der Waals surface area contributed by atoms with Gasteiger partial charge in [0, 0.05) is 23.9 Å². The van der Waals surface area contributed by atoms with E-state index in [1.54, 1.807) is 0 Å². The number of aromatic hydroxyl groups is 1. The molecule has 3 N–H and O–H groups in total. The van der Waals surface area contributed by atoms with Crippen molar-refractivity contribution in [1.82, 2.24) is 4.72 Å². The van der Waals surface area contributed by atoms with Crippen LogP contribution in [0.2, 0.25) is 0 Å². The Morgan fingerprint density at radius 3 is 2.55 bits per heavy atom. The number of hydrogen-bond donors (Lipinski definition) is 3. The monoisotopic (exact) mass is 445 g/mol. The van der Waals surface area contributed by atoms with Gasteiger partial charge >= 0.3 is 5.63 Å². The molecule has 4 rings (SSSR count). The molecule has 168 valence electrons. The van der Waals surface area contributed by atoms with Crippen LogP contribution in [0, 0.1) is 5.92 Å². The lowest BCUT2D eigenvalue weighted by Gasteiger charge is -2.23. The van der Waals surface area contributed by atoms with Crippen molar-refractivity contribution in [3.05, 3.63) is 62.7 Å². The topological polar surface area (TPSA) is 99.8 Å². The number of nitrogens with one attached hydrogen (secondary N) is 1. The van der Waals surface area contributed by atoms with Gasteiger partial charge in [0.05, 0.1) is 5.56 Å². The van der Waals surface area contributed by atoms with Crippen LogP contribution in [0.15, 0.2) is 33.5 Å². The van der Waals surface area contributed by atoms with Gasteiger partial charge in [0.2, 0.25) is 11.3 Å². The minimum Gasteiger partial charge on any atom is -0.507 e. The Labute approximate surface area is 185 Å². The minimum atomic E-state index is -2.11. The van der Waals surface area contributed by atoms with E-state index in [0.717, 1.165) is 61.6 Å². The van der Waals surface area contributed by atoms with E-state index in [9.17, 15) is 18.7 Å². The predicted molar refractivity (Wildman–Crippen MR) is 120 cm³/mol. The summed E-state index contributed by atoms with van der Waals surface area (Å²) in [5.41, 5.74) is 2.59. The van der Waals surface area contributed by atoms with Crippen LogP contribution in [0.25, 0.3) is 0 Å². The van der Waals surface area contributed by atoms with Gasteiger partial charge in [-0.25, -0.2) is 13.7 Å². The summed E-state index contributed by atoms with van der Waals surface area (Å²) >= 11 is -2.11. The number of fused-ring (bicyclic) bond motifs is 1. The van der Waals surface area contributed by atoms with E-state index >= 15 is 0 Å². The highest BCUT2D eigenvalue weighted by atomic mass is 32.2. The van der Waals surface area contributed by atoms with Gasteiger partial charge in [-0.15, -0.1) is 0 Å². The molecule has 0 saturated heterocycles. The Morgan fingerprint density at radius 1 is 1.16 bits per heavy atom. The second-order valence-corrected chi connectivity index (χ2v) is 9.51. The van der Waals surface area contributed by atoms with E-state index in [4.69, 9.17) is 4.42 Å². The first-order valence-electron chi connectivity index (χ1n) is 11.3. The molecule has 2 aromatic rings. The number of aryl methyl sites for hydroxylation is 1. The quantitative estimate of drug-likeness (QED) is 0.535. The Bertz CT molecular complexity index is 1010. The summed E-state index contributed by atoms with van der Waals surface area (Å²) in [5.74, 6) is 0.826. The van der Waals surface area contributed by atoms with Gasteiger partial charge in [-0.3, -0.25) is 4.55 Å². The summed E-state index contributed by atoms with van der Waals surface area (Å²) in [4.78, 5) is 13.1. The van der Waals surface area contributed by atoms with Crippen molar-refractivity contribution in [3.63, 3.8) is 0 Å². The molecule has 0 radical (unpaired) electrons. The van der Waals surface area contributed by atoms with Gasteiger partial charge in [-0.05, 0) is 55.6 Å². The maximum atomic E-state index is 13.1. The highest BCUT2D eigenvalue weighted by molar-refractivity contribution is 7.77. The van der Waals surface area contributed by atoms with Gasteiger partial charge in [-0.2, -0.15) is 0 Å². The Morgan fingerprint density at radius 2 is 1.87 bits per heavy atom. The third-order valence-electron chi connectivity index (χ3n) is 6.62. The summed E-state index contributed by atoms with van der Waals surface area (Å²) < 4.78 is 29.0. The molecular weight excluding hydrogens is 414 g/mol. The molecular formula is C24H31NO5S.